The highest BCUT2D eigenvalue weighted by Gasteiger charge is 2.49. The number of halogens is 3. The van der Waals surface area contributed by atoms with Crippen LogP contribution in [-0.2, 0) is 16.1 Å². The van der Waals surface area contributed by atoms with Crippen molar-refractivity contribution in [1.82, 2.24) is 19.7 Å². The maximum Gasteiger partial charge on any atom is 0.490 e. The molecule has 1 spiro atoms. The van der Waals surface area contributed by atoms with E-state index in [-0.39, 0.29) is 11.8 Å². The highest BCUT2D eigenvalue weighted by molar-refractivity contribution is 7.12. The maximum absolute atomic E-state index is 13.4. The van der Waals surface area contributed by atoms with E-state index in [2.05, 4.69) is 9.88 Å². The van der Waals surface area contributed by atoms with Crippen molar-refractivity contribution in [3.8, 4) is 0 Å². The molecule has 4 heterocycles. The number of rotatable bonds is 3. The molecule has 0 aromatic carbocycles. The van der Waals surface area contributed by atoms with Gasteiger partial charge in [-0.2, -0.15) is 13.2 Å². The topological polar surface area (TPSA) is 94.1 Å². The first-order chi connectivity index (χ1) is 15.9. The summed E-state index contributed by atoms with van der Waals surface area (Å²) < 4.78 is 31.7. The molecule has 4 rings (SSSR count). The number of carbonyl (C=O) groups is 3. The quantitative estimate of drug-likeness (QED) is 0.671. The predicted octanol–water partition coefficient (Wildman–Crippen LogP) is 3.10. The molecule has 1 N–H and O–H groups in total. The minimum Gasteiger partial charge on any atom is -0.475 e. The summed E-state index contributed by atoms with van der Waals surface area (Å²) in [6.07, 6.45) is -3.71. The zero-order chi connectivity index (χ0) is 25.1. The lowest BCUT2D eigenvalue weighted by Crippen LogP contribution is -2.67. The van der Waals surface area contributed by atoms with Crippen molar-refractivity contribution in [2.45, 2.75) is 38.0 Å². The van der Waals surface area contributed by atoms with Gasteiger partial charge < -0.3 is 14.9 Å². The lowest BCUT2D eigenvalue weighted by Gasteiger charge is -2.51. The molecule has 2 aromatic rings. The summed E-state index contributed by atoms with van der Waals surface area (Å²) in [5.41, 5.74) is 0.478. The number of piperazine rings is 1. The molecule has 0 atom stereocenters. The molecule has 13 heteroatoms. The highest BCUT2D eigenvalue weighted by Crippen LogP contribution is 2.34. The van der Waals surface area contributed by atoms with E-state index in [0.29, 0.717) is 32.5 Å². The van der Waals surface area contributed by atoms with Crippen LogP contribution in [0.3, 0.4) is 0 Å². The van der Waals surface area contributed by atoms with Crippen molar-refractivity contribution in [2.75, 3.05) is 33.2 Å². The number of thiazole rings is 1. The predicted molar refractivity (Wildman–Crippen MR) is 121 cm³/mol. The second-order valence-electron chi connectivity index (χ2n) is 8.11. The number of aliphatic carboxylic acids is 1. The monoisotopic (exact) mass is 518 g/mol. The minimum atomic E-state index is -5.08. The molecule has 0 aliphatic carbocycles. The third-order valence-electron chi connectivity index (χ3n) is 5.99. The zero-order valence-corrected chi connectivity index (χ0v) is 20.3. The third-order valence-corrected chi connectivity index (χ3v) is 7.67. The Balaban J connectivity index is 0.000000406. The number of thiophene rings is 1. The molecule has 8 nitrogen and oxygen atoms in total. The van der Waals surface area contributed by atoms with Crippen molar-refractivity contribution in [1.29, 1.82) is 0 Å². The van der Waals surface area contributed by atoms with Gasteiger partial charge in [0.2, 0.25) is 5.91 Å². The average Bonchev–Trinajstić information content (AvgIpc) is 3.46. The number of alkyl halides is 3. The van der Waals surface area contributed by atoms with Crippen LogP contribution in [0.4, 0.5) is 13.2 Å². The summed E-state index contributed by atoms with van der Waals surface area (Å²) in [6.45, 7) is 5.39. The number of piperidine rings is 1. The Bertz CT molecular complexity index is 1020. The SMILES string of the molecule is Cc1nc(CN2CCN(C)C3(CCN(C(=O)c4cccs4)CC3)C2=O)cs1.O=C(O)C(F)(F)F. The molecule has 0 bridgehead atoms. The van der Waals surface area contributed by atoms with Crippen molar-refractivity contribution >= 4 is 40.5 Å². The van der Waals surface area contributed by atoms with E-state index in [1.165, 1.54) is 11.3 Å². The molecule has 2 saturated heterocycles. The van der Waals surface area contributed by atoms with Crippen molar-refractivity contribution < 1.29 is 32.7 Å². The average molecular weight is 519 g/mol. The number of likely N-dealkylation sites (N-methyl/N-ethyl adjacent to an activating group) is 1. The van der Waals surface area contributed by atoms with Gasteiger partial charge in [0.25, 0.3) is 5.91 Å². The third kappa shape index (κ3) is 5.76. The number of carboxylic acids is 1. The van der Waals surface area contributed by atoms with Crippen molar-refractivity contribution in [2.24, 2.45) is 0 Å². The second-order valence-corrected chi connectivity index (χ2v) is 10.1. The molecule has 34 heavy (non-hydrogen) atoms. The minimum absolute atomic E-state index is 0.0839. The lowest BCUT2D eigenvalue weighted by molar-refractivity contribution is -0.192. The molecule has 2 aliphatic rings. The van der Waals surface area contributed by atoms with Gasteiger partial charge in [0, 0.05) is 31.6 Å². The van der Waals surface area contributed by atoms with Crippen LogP contribution in [-0.4, -0.2) is 87.5 Å². The van der Waals surface area contributed by atoms with E-state index in [1.807, 2.05) is 46.7 Å². The number of hydrogen-bond donors (Lipinski definition) is 1. The van der Waals surface area contributed by atoms with Gasteiger partial charge in [0.05, 0.1) is 22.1 Å². The fraction of sp³-hybridized carbons (Fsp3) is 0.524. The van der Waals surface area contributed by atoms with Crippen LogP contribution in [0.15, 0.2) is 22.9 Å². The number of nitrogens with zero attached hydrogens (tertiary/aromatic N) is 4. The number of amides is 2. The largest absolute Gasteiger partial charge is 0.490 e. The Morgan fingerprint density at radius 2 is 1.82 bits per heavy atom. The highest BCUT2D eigenvalue weighted by atomic mass is 32.1. The number of carbonyl (C=O) groups excluding carboxylic acids is 2. The molecule has 2 fully saturated rings. The van der Waals surface area contributed by atoms with Gasteiger partial charge in [0.15, 0.2) is 0 Å². The molecule has 2 aliphatic heterocycles. The van der Waals surface area contributed by atoms with Crippen LogP contribution in [0.2, 0.25) is 0 Å². The van der Waals surface area contributed by atoms with E-state index in [0.717, 1.165) is 28.7 Å². The standard InChI is InChI=1S/C19H24N4O2S2.C2HF3O2/c1-14-20-15(13-27-14)12-23-10-9-21(2)19(18(23)25)5-7-22(8-6-19)17(24)16-4-3-11-26-16;3-2(4,5)1(6)7/h3-4,11,13H,5-10,12H2,1-2H3;(H,6,7). The number of aromatic nitrogens is 1. The summed E-state index contributed by atoms with van der Waals surface area (Å²) in [4.78, 5) is 46.2. The van der Waals surface area contributed by atoms with Gasteiger partial charge in [-0.05, 0) is 38.3 Å². The summed E-state index contributed by atoms with van der Waals surface area (Å²) in [6, 6.07) is 3.77. The molecule has 0 unspecified atom stereocenters. The van der Waals surface area contributed by atoms with Gasteiger partial charge in [-0.25, -0.2) is 9.78 Å². The first kappa shape index (κ1) is 26.1. The van der Waals surface area contributed by atoms with Crippen LogP contribution in [0.1, 0.15) is 33.2 Å². The summed E-state index contributed by atoms with van der Waals surface area (Å²) in [5.74, 6) is -2.49. The van der Waals surface area contributed by atoms with Crippen molar-refractivity contribution in [3.63, 3.8) is 0 Å². The van der Waals surface area contributed by atoms with Crippen LogP contribution >= 0.6 is 22.7 Å². The smallest absolute Gasteiger partial charge is 0.475 e. The van der Waals surface area contributed by atoms with E-state index < -0.39 is 17.7 Å². The number of carboxylic acid groups (broad SMARTS) is 1. The lowest BCUT2D eigenvalue weighted by atomic mass is 9.82. The molecule has 186 valence electrons. The molecule has 2 aromatic heterocycles. The zero-order valence-electron chi connectivity index (χ0n) is 18.7. The molecular weight excluding hydrogens is 493 g/mol. The fourth-order valence-electron chi connectivity index (χ4n) is 4.10. The van der Waals surface area contributed by atoms with E-state index in [1.54, 1.807) is 11.3 Å². The maximum atomic E-state index is 13.4. The Hall–Kier alpha value is -2.51. The fourth-order valence-corrected chi connectivity index (χ4v) is 5.40. The Kier molecular flexibility index (Phi) is 7.98. The van der Waals surface area contributed by atoms with E-state index in [9.17, 15) is 22.8 Å². The van der Waals surface area contributed by atoms with Crippen LogP contribution in [0.5, 0.6) is 0 Å². The first-order valence-corrected chi connectivity index (χ1v) is 12.2. The first-order valence-electron chi connectivity index (χ1n) is 10.5. The van der Waals surface area contributed by atoms with Crippen LogP contribution in [0.25, 0.3) is 0 Å². The molecule has 0 saturated carbocycles. The van der Waals surface area contributed by atoms with E-state index in [4.69, 9.17) is 9.90 Å². The van der Waals surface area contributed by atoms with E-state index >= 15 is 0 Å². The number of aryl methyl sites for hydroxylation is 1. The van der Waals surface area contributed by atoms with Crippen molar-refractivity contribution in [3.05, 3.63) is 38.5 Å². The normalized spacial score (nSPS) is 18.6. The summed E-state index contributed by atoms with van der Waals surface area (Å²) >= 11 is 3.10. The summed E-state index contributed by atoms with van der Waals surface area (Å²) in [7, 11) is 2.04. The molecule has 2 amide bonds. The van der Waals surface area contributed by atoms with Gasteiger partial charge in [-0.15, -0.1) is 22.7 Å². The molecular formula is C21H25F3N4O4S2. The van der Waals surface area contributed by atoms with Gasteiger partial charge in [0.1, 0.15) is 5.54 Å². The summed E-state index contributed by atoms with van der Waals surface area (Å²) in [5, 5.41) is 12.1. The van der Waals surface area contributed by atoms with Gasteiger partial charge in [-0.1, -0.05) is 6.07 Å². The Morgan fingerprint density at radius 3 is 2.32 bits per heavy atom. The van der Waals surface area contributed by atoms with Gasteiger partial charge >= 0.3 is 12.1 Å². The van der Waals surface area contributed by atoms with Crippen LogP contribution < -0.4 is 0 Å². The Morgan fingerprint density at radius 1 is 1.18 bits per heavy atom. The van der Waals surface area contributed by atoms with Gasteiger partial charge in [-0.3, -0.25) is 14.5 Å². The second kappa shape index (κ2) is 10.4. The van der Waals surface area contributed by atoms with Crippen LogP contribution in [0, 0.1) is 6.92 Å². The number of hydrogen-bond acceptors (Lipinski definition) is 7. The number of likely N-dealkylation sites (tertiary alicyclic amines) is 1. The Labute approximate surface area is 202 Å². The molecule has 0 radical (unpaired) electrons.